The van der Waals surface area contributed by atoms with Crippen molar-refractivity contribution in [1.82, 2.24) is 5.32 Å². The number of hydrogen-bond donors (Lipinski definition) is 2. The Kier molecular flexibility index (Phi) is 5.75. The highest BCUT2D eigenvalue weighted by atomic mass is 16.7. The van der Waals surface area contributed by atoms with Gasteiger partial charge in [0.15, 0.2) is 5.79 Å². The lowest BCUT2D eigenvalue weighted by molar-refractivity contribution is -0.169. The summed E-state index contributed by atoms with van der Waals surface area (Å²) < 4.78 is 11.9. The minimum absolute atomic E-state index is 0.0585. The number of ether oxygens (including phenoxy) is 2. The zero-order valence-electron chi connectivity index (χ0n) is 17.6. The van der Waals surface area contributed by atoms with Gasteiger partial charge in [-0.1, -0.05) is 12.1 Å². The van der Waals surface area contributed by atoms with Gasteiger partial charge in [-0.15, -0.1) is 0 Å². The minimum Gasteiger partial charge on any atom is -0.352 e. The maximum Gasteiger partial charge on any atom is 0.251 e. The highest BCUT2D eigenvalue weighted by molar-refractivity contribution is 6.01. The number of likely N-dealkylation sites (N-methyl/N-ethyl adjacent to an activating group) is 1. The van der Waals surface area contributed by atoms with Gasteiger partial charge in [-0.2, -0.15) is 0 Å². The van der Waals surface area contributed by atoms with Gasteiger partial charge in [-0.05, 0) is 35.9 Å². The number of carbonyl (C=O) groups is 3. The monoisotopic (exact) mass is 423 g/mol. The molecule has 2 aromatic rings. The standard InChI is InChI=1S/C23H25N3O5/c1-15(27)25-19-5-3-4-16(13-19)22(29)24-9-8-23(30-10-11-31-23)18-6-7-20-17(12-18)14-21(28)26(20)2/h3-7,12-13H,8-11,14H2,1-2H3,(H,24,29)(H,25,27). The molecule has 0 saturated carbocycles. The predicted molar refractivity (Wildman–Crippen MR) is 115 cm³/mol. The van der Waals surface area contributed by atoms with Crippen LogP contribution in [0.5, 0.6) is 0 Å². The van der Waals surface area contributed by atoms with E-state index in [0.29, 0.717) is 43.9 Å². The predicted octanol–water partition coefficient (Wildman–Crippen LogP) is 2.18. The molecule has 8 heteroatoms. The smallest absolute Gasteiger partial charge is 0.251 e. The fraction of sp³-hybridized carbons (Fsp3) is 0.348. The summed E-state index contributed by atoms with van der Waals surface area (Å²) in [5, 5.41) is 5.56. The van der Waals surface area contributed by atoms with Gasteiger partial charge < -0.3 is 25.0 Å². The van der Waals surface area contributed by atoms with Crippen molar-refractivity contribution in [2.75, 3.05) is 37.0 Å². The van der Waals surface area contributed by atoms with Crippen LogP contribution < -0.4 is 15.5 Å². The number of amides is 3. The molecule has 31 heavy (non-hydrogen) atoms. The molecule has 0 aromatic heterocycles. The first-order valence-corrected chi connectivity index (χ1v) is 10.2. The van der Waals surface area contributed by atoms with Crippen LogP contribution in [-0.2, 0) is 31.3 Å². The lowest BCUT2D eigenvalue weighted by Gasteiger charge is -2.28. The van der Waals surface area contributed by atoms with Crippen LogP contribution in [0.3, 0.4) is 0 Å². The van der Waals surface area contributed by atoms with Gasteiger partial charge in [0.25, 0.3) is 5.91 Å². The molecule has 0 atom stereocenters. The van der Waals surface area contributed by atoms with Crippen molar-refractivity contribution in [1.29, 1.82) is 0 Å². The highest BCUT2D eigenvalue weighted by Crippen LogP contribution is 2.38. The summed E-state index contributed by atoms with van der Waals surface area (Å²) in [5.41, 5.74) is 3.70. The summed E-state index contributed by atoms with van der Waals surface area (Å²) in [5.74, 6) is -1.34. The van der Waals surface area contributed by atoms with Gasteiger partial charge in [0.2, 0.25) is 11.8 Å². The van der Waals surface area contributed by atoms with E-state index in [2.05, 4.69) is 10.6 Å². The van der Waals surface area contributed by atoms with E-state index in [0.717, 1.165) is 16.8 Å². The Bertz CT molecular complexity index is 1030. The van der Waals surface area contributed by atoms with Crippen molar-refractivity contribution in [2.24, 2.45) is 0 Å². The van der Waals surface area contributed by atoms with Gasteiger partial charge in [0, 0.05) is 49.4 Å². The number of rotatable bonds is 6. The molecule has 2 aromatic carbocycles. The molecule has 0 unspecified atom stereocenters. The molecule has 3 amide bonds. The van der Waals surface area contributed by atoms with E-state index in [-0.39, 0.29) is 17.7 Å². The van der Waals surface area contributed by atoms with Crippen LogP contribution in [0.25, 0.3) is 0 Å². The fourth-order valence-electron chi connectivity index (χ4n) is 4.00. The molecule has 2 heterocycles. The lowest BCUT2D eigenvalue weighted by atomic mass is 9.98. The average Bonchev–Trinajstić information content (AvgIpc) is 3.33. The first-order chi connectivity index (χ1) is 14.9. The van der Waals surface area contributed by atoms with E-state index in [1.165, 1.54) is 6.92 Å². The maximum absolute atomic E-state index is 12.6. The second-order valence-electron chi connectivity index (χ2n) is 7.69. The Morgan fingerprint density at radius 2 is 1.90 bits per heavy atom. The average molecular weight is 423 g/mol. The Morgan fingerprint density at radius 1 is 1.13 bits per heavy atom. The number of carbonyl (C=O) groups excluding carboxylic acids is 3. The lowest BCUT2D eigenvalue weighted by Crippen LogP contribution is -2.34. The Balaban J connectivity index is 1.44. The SMILES string of the molecule is CC(=O)Nc1cccc(C(=O)NCCC2(c3ccc4c(c3)CC(=O)N4C)OCCO2)c1. The number of anilines is 2. The van der Waals surface area contributed by atoms with Crippen molar-refractivity contribution >= 4 is 29.1 Å². The minimum atomic E-state index is -0.954. The summed E-state index contributed by atoms with van der Waals surface area (Å²) in [7, 11) is 1.77. The largest absolute Gasteiger partial charge is 0.352 e. The van der Waals surface area contributed by atoms with Crippen LogP contribution in [0, 0.1) is 0 Å². The zero-order chi connectivity index (χ0) is 22.0. The van der Waals surface area contributed by atoms with E-state index < -0.39 is 5.79 Å². The molecule has 2 aliphatic rings. The van der Waals surface area contributed by atoms with E-state index >= 15 is 0 Å². The van der Waals surface area contributed by atoms with E-state index in [1.807, 2.05) is 18.2 Å². The summed E-state index contributed by atoms with van der Waals surface area (Å²) in [6, 6.07) is 12.5. The van der Waals surface area contributed by atoms with E-state index in [1.54, 1.807) is 36.2 Å². The molecule has 0 radical (unpaired) electrons. The molecule has 2 N–H and O–H groups in total. The third kappa shape index (κ3) is 4.30. The number of fused-ring (bicyclic) bond motifs is 1. The number of hydrogen-bond acceptors (Lipinski definition) is 5. The number of benzene rings is 2. The molecular weight excluding hydrogens is 398 g/mol. The van der Waals surface area contributed by atoms with Crippen LogP contribution in [0.1, 0.15) is 34.8 Å². The van der Waals surface area contributed by atoms with Crippen molar-refractivity contribution in [2.45, 2.75) is 25.6 Å². The summed E-state index contributed by atoms with van der Waals surface area (Å²) in [6.07, 6.45) is 0.782. The summed E-state index contributed by atoms with van der Waals surface area (Å²) in [6.45, 7) is 2.67. The molecule has 0 spiro atoms. The summed E-state index contributed by atoms with van der Waals surface area (Å²) >= 11 is 0. The zero-order valence-corrected chi connectivity index (χ0v) is 17.6. The molecule has 1 saturated heterocycles. The topological polar surface area (TPSA) is 97.0 Å². The molecule has 8 nitrogen and oxygen atoms in total. The fourth-order valence-corrected chi connectivity index (χ4v) is 4.00. The van der Waals surface area contributed by atoms with Gasteiger partial charge in [-0.25, -0.2) is 0 Å². The maximum atomic E-state index is 12.6. The first kappa shape index (κ1) is 21.0. The Labute approximate surface area is 180 Å². The number of nitrogens with one attached hydrogen (secondary N) is 2. The van der Waals surface area contributed by atoms with Crippen molar-refractivity contribution in [3.8, 4) is 0 Å². The second-order valence-corrected chi connectivity index (χ2v) is 7.69. The number of nitrogens with zero attached hydrogens (tertiary/aromatic N) is 1. The normalized spacial score (nSPS) is 16.8. The second kappa shape index (κ2) is 8.49. The first-order valence-electron chi connectivity index (χ1n) is 10.2. The molecular formula is C23H25N3O5. The Morgan fingerprint density at radius 3 is 2.65 bits per heavy atom. The molecule has 4 rings (SSSR count). The van der Waals surface area contributed by atoms with Gasteiger partial charge in [0.05, 0.1) is 19.6 Å². The van der Waals surface area contributed by atoms with Crippen molar-refractivity contribution < 1.29 is 23.9 Å². The summed E-state index contributed by atoms with van der Waals surface area (Å²) in [4.78, 5) is 37.5. The quantitative estimate of drug-likeness (QED) is 0.742. The van der Waals surface area contributed by atoms with Crippen molar-refractivity contribution in [3.63, 3.8) is 0 Å². The Hall–Kier alpha value is -3.23. The van der Waals surface area contributed by atoms with E-state index in [4.69, 9.17) is 9.47 Å². The highest BCUT2D eigenvalue weighted by Gasteiger charge is 2.39. The van der Waals surface area contributed by atoms with Crippen LogP contribution in [0.4, 0.5) is 11.4 Å². The molecule has 0 aliphatic carbocycles. The van der Waals surface area contributed by atoms with Crippen LogP contribution in [-0.4, -0.2) is 44.5 Å². The van der Waals surface area contributed by atoms with Crippen molar-refractivity contribution in [3.05, 3.63) is 59.2 Å². The van der Waals surface area contributed by atoms with Gasteiger partial charge in [0.1, 0.15) is 0 Å². The molecule has 162 valence electrons. The molecule has 0 bridgehead atoms. The van der Waals surface area contributed by atoms with Crippen LogP contribution in [0.2, 0.25) is 0 Å². The molecule has 1 fully saturated rings. The van der Waals surface area contributed by atoms with Crippen LogP contribution >= 0.6 is 0 Å². The third-order valence-corrected chi connectivity index (χ3v) is 5.54. The van der Waals surface area contributed by atoms with Gasteiger partial charge in [-0.3, -0.25) is 14.4 Å². The van der Waals surface area contributed by atoms with Crippen LogP contribution in [0.15, 0.2) is 42.5 Å². The van der Waals surface area contributed by atoms with Gasteiger partial charge >= 0.3 is 0 Å². The van der Waals surface area contributed by atoms with E-state index in [9.17, 15) is 14.4 Å². The molecule has 2 aliphatic heterocycles. The third-order valence-electron chi connectivity index (χ3n) is 5.54.